The van der Waals surface area contributed by atoms with Crippen LogP contribution < -0.4 is 20.7 Å². The van der Waals surface area contributed by atoms with Gasteiger partial charge in [0.2, 0.25) is 5.91 Å². The van der Waals surface area contributed by atoms with Gasteiger partial charge in [0.15, 0.2) is 0 Å². The van der Waals surface area contributed by atoms with Crippen LogP contribution in [0.4, 0.5) is 10.5 Å². The van der Waals surface area contributed by atoms with E-state index in [1.807, 2.05) is 0 Å². The van der Waals surface area contributed by atoms with Gasteiger partial charge in [-0.2, -0.15) is 0 Å². The molecule has 170 valence electrons. The number of esters is 1. The lowest BCUT2D eigenvalue weighted by atomic mass is 10.1. The molecule has 9 heteroatoms. The third-order valence-corrected chi connectivity index (χ3v) is 3.82. The van der Waals surface area contributed by atoms with Crippen molar-refractivity contribution in [3.05, 3.63) is 59.7 Å². The topological polar surface area (TPSA) is 123 Å². The lowest BCUT2D eigenvalue weighted by molar-refractivity contribution is -0.131. The number of carbonyl (C=O) groups is 4. The van der Waals surface area contributed by atoms with Gasteiger partial charge >= 0.3 is 12.1 Å². The lowest BCUT2D eigenvalue weighted by Gasteiger charge is -2.19. The van der Waals surface area contributed by atoms with Crippen LogP contribution in [-0.4, -0.2) is 36.0 Å². The molecule has 0 aliphatic rings. The molecule has 0 aliphatic carbocycles. The molecule has 2 rings (SSSR count). The summed E-state index contributed by atoms with van der Waals surface area (Å²) in [6.07, 6.45) is -0.671. The molecule has 0 spiro atoms. The molecule has 0 fully saturated rings. The molecule has 32 heavy (non-hydrogen) atoms. The summed E-state index contributed by atoms with van der Waals surface area (Å²) in [5.41, 5.74) is 0.969. The van der Waals surface area contributed by atoms with E-state index in [9.17, 15) is 19.2 Å². The molecule has 0 aromatic heterocycles. The van der Waals surface area contributed by atoms with Gasteiger partial charge < -0.3 is 25.4 Å². The van der Waals surface area contributed by atoms with Crippen LogP contribution in [-0.2, 0) is 20.9 Å². The summed E-state index contributed by atoms with van der Waals surface area (Å²) >= 11 is 0. The van der Waals surface area contributed by atoms with Gasteiger partial charge in [-0.25, -0.2) is 4.79 Å². The Balaban J connectivity index is 1.88. The van der Waals surface area contributed by atoms with E-state index in [4.69, 9.17) is 9.47 Å². The van der Waals surface area contributed by atoms with Gasteiger partial charge in [-0.1, -0.05) is 18.2 Å². The Bertz CT molecular complexity index is 997. The fraction of sp³-hybridized carbons (Fsp3) is 0.304. The normalized spacial score (nSPS) is 10.6. The van der Waals surface area contributed by atoms with Crippen molar-refractivity contribution in [2.75, 3.05) is 11.9 Å². The van der Waals surface area contributed by atoms with E-state index in [1.165, 1.54) is 13.0 Å². The monoisotopic (exact) mass is 441 g/mol. The predicted octanol–water partition coefficient (Wildman–Crippen LogP) is 3.01. The number of carbonyl (C=O) groups excluding carboxylic acids is 4. The molecule has 0 heterocycles. The highest BCUT2D eigenvalue weighted by molar-refractivity contribution is 6.04. The summed E-state index contributed by atoms with van der Waals surface area (Å²) in [5.74, 6) is -0.950. The summed E-state index contributed by atoms with van der Waals surface area (Å²) in [7, 11) is 0. The van der Waals surface area contributed by atoms with Crippen molar-refractivity contribution in [3.63, 3.8) is 0 Å². The molecule has 3 N–H and O–H groups in total. The van der Waals surface area contributed by atoms with Gasteiger partial charge in [0.1, 0.15) is 17.9 Å². The van der Waals surface area contributed by atoms with Crippen molar-refractivity contribution in [3.8, 4) is 5.75 Å². The number of hydrogen-bond donors (Lipinski definition) is 3. The molecule has 3 amide bonds. The van der Waals surface area contributed by atoms with Crippen molar-refractivity contribution in [1.29, 1.82) is 0 Å². The minimum Gasteiger partial charge on any atom is -0.444 e. The molecule has 9 nitrogen and oxygen atoms in total. The van der Waals surface area contributed by atoms with Crippen LogP contribution in [0.3, 0.4) is 0 Å². The number of hydrogen-bond acceptors (Lipinski definition) is 6. The number of ether oxygens (including phenoxy) is 2. The van der Waals surface area contributed by atoms with E-state index >= 15 is 0 Å². The lowest BCUT2D eigenvalue weighted by Crippen LogP contribution is -2.39. The number of anilines is 1. The highest BCUT2D eigenvalue weighted by Gasteiger charge is 2.16. The predicted molar refractivity (Wildman–Crippen MR) is 118 cm³/mol. The third kappa shape index (κ3) is 8.86. The molecule has 0 radical (unpaired) electrons. The van der Waals surface area contributed by atoms with Crippen LogP contribution in [0.25, 0.3) is 0 Å². The quantitative estimate of drug-likeness (QED) is 0.448. The summed E-state index contributed by atoms with van der Waals surface area (Å²) in [6.45, 7) is 6.47. The number of alkyl carbamates (subject to hydrolysis) is 1. The van der Waals surface area contributed by atoms with Crippen molar-refractivity contribution >= 4 is 29.6 Å². The van der Waals surface area contributed by atoms with Gasteiger partial charge in [0, 0.05) is 24.7 Å². The maximum atomic E-state index is 12.5. The summed E-state index contributed by atoms with van der Waals surface area (Å²) in [6, 6.07) is 13.2. The summed E-state index contributed by atoms with van der Waals surface area (Å²) < 4.78 is 10.1. The molecule has 2 aromatic rings. The highest BCUT2D eigenvalue weighted by atomic mass is 16.6. The van der Waals surface area contributed by atoms with E-state index in [-0.39, 0.29) is 30.7 Å². The number of amides is 3. The summed E-state index contributed by atoms with van der Waals surface area (Å²) in [5, 5.41) is 7.83. The van der Waals surface area contributed by atoms with Crippen molar-refractivity contribution in [2.45, 2.75) is 39.8 Å². The zero-order valence-corrected chi connectivity index (χ0v) is 18.5. The number of nitrogens with one attached hydrogen (secondary N) is 3. The first-order valence-corrected chi connectivity index (χ1v) is 9.94. The first-order valence-electron chi connectivity index (χ1n) is 9.94. The van der Waals surface area contributed by atoms with Gasteiger partial charge in [0.05, 0.1) is 0 Å². The number of rotatable bonds is 7. The highest BCUT2D eigenvalue weighted by Crippen LogP contribution is 2.16. The molecular formula is C23H27N3O6. The Hall–Kier alpha value is -3.88. The Kier molecular flexibility index (Phi) is 8.34. The molecule has 0 atom stereocenters. The second kappa shape index (κ2) is 10.9. The Labute approximate surface area is 186 Å². The molecular weight excluding hydrogens is 414 g/mol. The van der Waals surface area contributed by atoms with E-state index in [0.717, 1.165) is 5.56 Å². The first-order chi connectivity index (χ1) is 15.0. The van der Waals surface area contributed by atoms with E-state index < -0.39 is 17.7 Å². The average molecular weight is 441 g/mol. The smallest absolute Gasteiger partial charge is 0.408 e. The van der Waals surface area contributed by atoms with Gasteiger partial charge in [-0.15, -0.1) is 0 Å². The second-order valence-electron chi connectivity index (χ2n) is 7.91. The Morgan fingerprint density at radius 3 is 2.34 bits per heavy atom. The Morgan fingerprint density at radius 1 is 0.938 bits per heavy atom. The molecule has 0 unspecified atom stereocenters. The minimum atomic E-state index is -0.671. The number of benzene rings is 2. The van der Waals surface area contributed by atoms with Crippen molar-refractivity contribution < 1.29 is 28.7 Å². The SMILES string of the molecule is CC(=O)Oc1cccc(C(=O)Nc2cccc(CNC(=O)CNC(=O)OC(C)(C)C)c2)c1. The minimum absolute atomic E-state index is 0.209. The van der Waals surface area contributed by atoms with Crippen LogP contribution in [0.1, 0.15) is 43.6 Å². The van der Waals surface area contributed by atoms with Crippen molar-refractivity contribution in [2.24, 2.45) is 0 Å². The van der Waals surface area contributed by atoms with E-state index in [2.05, 4.69) is 16.0 Å². The van der Waals surface area contributed by atoms with Crippen LogP contribution >= 0.6 is 0 Å². The molecule has 0 bridgehead atoms. The van der Waals surface area contributed by atoms with Crippen molar-refractivity contribution in [1.82, 2.24) is 10.6 Å². The van der Waals surface area contributed by atoms with Crippen LogP contribution in [0.5, 0.6) is 5.75 Å². The molecule has 2 aromatic carbocycles. The van der Waals surface area contributed by atoms with E-state index in [0.29, 0.717) is 11.3 Å². The zero-order chi connectivity index (χ0) is 23.7. The maximum Gasteiger partial charge on any atom is 0.408 e. The van der Waals surface area contributed by atoms with Gasteiger partial charge in [0.25, 0.3) is 5.91 Å². The second-order valence-corrected chi connectivity index (χ2v) is 7.91. The first kappa shape index (κ1) is 24.4. The zero-order valence-electron chi connectivity index (χ0n) is 18.5. The summed E-state index contributed by atoms with van der Waals surface area (Å²) in [4.78, 5) is 47.1. The van der Waals surface area contributed by atoms with Gasteiger partial charge in [-0.3, -0.25) is 14.4 Å². The van der Waals surface area contributed by atoms with E-state index in [1.54, 1.807) is 63.2 Å². The van der Waals surface area contributed by atoms with Crippen LogP contribution in [0, 0.1) is 0 Å². The fourth-order valence-corrected chi connectivity index (χ4v) is 2.56. The molecule has 0 saturated carbocycles. The Morgan fingerprint density at radius 2 is 1.66 bits per heavy atom. The molecule has 0 saturated heterocycles. The average Bonchev–Trinajstić information content (AvgIpc) is 2.69. The molecule has 0 aliphatic heterocycles. The fourth-order valence-electron chi connectivity index (χ4n) is 2.56. The van der Waals surface area contributed by atoms with Crippen LogP contribution in [0.15, 0.2) is 48.5 Å². The standard InChI is InChI=1S/C23H27N3O6/c1-15(27)31-19-10-6-8-17(12-19)21(29)26-18-9-5-7-16(11-18)13-24-20(28)14-25-22(30)32-23(2,3)4/h5-12H,13-14H2,1-4H3,(H,24,28)(H,25,30)(H,26,29). The van der Waals surface area contributed by atoms with Crippen LogP contribution in [0.2, 0.25) is 0 Å². The van der Waals surface area contributed by atoms with Gasteiger partial charge in [-0.05, 0) is 56.7 Å². The largest absolute Gasteiger partial charge is 0.444 e. The third-order valence-electron chi connectivity index (χ3n) is 3.82. The maximum absolute atomic E-state index is 12.5.